The van der Waals surface area contributed by atoms with E-state index < -0.39 is 5.97 Å². The minimum Gasteiger partial charge on any atom is -0.494 e. The molecule has 3 rings (SSSR count). The van der Waals surface area contributed by atoms with Gasteiger partial charge >= 0.3 is 5.97 Å². The lowest BCUT2D eigenvalue weighted by Crippen LogP contribution is -2.04. The molecule has 0 aliphatic carbocycles. The third kappa shape index (κ3) is 3.77. The van der Waals surface area contributed by atoms with Gasteiger partial charge in [0.2, 0.25) is 0 Å². The lowest BCUT2D eigenvalue weighted by atomic mass is 10.1. The molecule has 0 atom stereocenters. The Bertz CT molecular complexity index is 898. The number of aromatic nitrogens is 2. The van der Waals surface area contributed by atoms with E-state index in [9.17, 15) is 4.79 Å². The largest absolute Gasteiger partial charge is 0.494 e. The van der Waals surface area contributed by atoms with Crippen molar-refractivity contribution >= 4 is 5.97 Å². The van der Waals surface area contributed by atoms with Gasteiger partial charge in [-0.25, -0.2) is 9.78 Å². The van der Waals surface area contributed by atoms with Crippen LogP contribution < -0.4 is 4.74 Å². The first-order chi connectivity index (χ1) is 12.6. The lowest BCUT2D eigenvalue weighted by molar-refractivity contribution is 0.0520. The highest BCUT2D eigenvalue weighted by molar-refractivity contribution is 5.88. The highest BCUT2D eigenvalue weighted by Gasteiger charge is 2.17. The molecule has 0 saturated heterocycles. The van der Waals surface area contributed by atoms with Crippen LogP contribution in [0.4, 0.5) is 0 Å². The van der Waals surface area contributed by atoms with E-state index in [1.165, 1.54) is 0 Å². The third-order valence-corrected chi connectivity index (χ3v) is 3.91. The first kappa shape index (κ1) is 17.7. The quantitative estimate of drug-likeness (QED) is 0.618. The highest BCUT2D eigenvalue weighted by atomic mass is 16.5. The van der Waals surface area contributed by atoms with Crippen LogP contribution in [0, 0.1) is 6.92 Å². The average Bonchev–Trinajstić information content (AvgIpc) is 3.09. The standard InChI is InChI=1S/C21H22N2O3/c1-4-25-18-8-6-7-17(13-18)23-14-19(21(24)26-5-2)22-20(23)16-11-9-15(3)10-12-16/h6-14H,4-5H2,1-3H3. The number of carbonyl (C=O) groups excluding carboxylic acids is 1. The van der Waals surface area contributed by atoms with Crippen LogP contribution in [0.1, 0.15) is 29.9 Å². The third-order valence-electron chi connectivity index (χ3n) is 3.91. The molecule has 3 aromatic rings. The van der Waals surface area contributed by atoms with Crippen molar-refractivity contribution in [2.75, 3.05) is 13.2 Å². The molecule has 0 aliphatic rings. The van der Waals surface area contributed by atoms with Gasteiger partial charge in [0.25, 0.3) is 0 Å². The summed E-state index contributed by atoms with van der Waals surface area (Å²) in [6.45, 7) is 6.66. The molecule has 5 heteroatoms. The van der Waals surface area contributed by atoms with E-state index in [2.05, 4.69) is 4.98 Å². The van der Waals surface area contributed by atoms with Crippen molar-refractivity contribution in [2.45, 2.75) is 20.8 Å². The van der Waals surface area contributed by atoms with Crippen molar-refractivity contribution in [2.24, 2.45) is 0 Å². The molecule has 0 unspecified atom stereocenters. The Morgan fingerprint density at radius 3 is 2.54 bits per heavy atom. The van der Waals surface area contributed by atoms with Crippen LogP contribution in [0.25, 0.3) is 17.1 Å². The zero-order chi connectivity index (χ0) is 18.5. The SMILES string of the molecule is CCOC(=O)c1cn(-c2cccc(OCC)c2)c(-c2ccc(C)cc2)n1. The maximum Gasteiger partial charge on any atom is 0.358 e. The molecule has 26 heavy (non-hydrogen) atoms. The van der Waals surface area contributed by atoms with Crippen LogP contribution in [-0.4, -0.2) is 28.7 Å². The number of imidazole rings is 1. The smallest absolute Gasteiger partial charge is 0.358 e. The second kappa shape index (κ2) is 7.87. The van der Waals surface area contributed by atoms with Crippen LogP contribution in [-0.2, 0) is 4.74 Å². The van der Waals surface area contributed by atoms with Gasteiger partial charge in [0.15, 0.2) is 5.69 Å². The van der Waals surface area contributed by atoms with Crippen molar-refractivity contribution in [3.63, 3.8) is 0 Å². The normalized spacial score (nSPS) is 10.6. The van der Waals surface area contributed by atoms with E-state index in [1.807, 2.05) is 66.9 Å². The number of hydrogen-bond donors (Lipinski definition) is 0. The van der Waals surface area contributed by atoms with E-state index in [0.717, 1.165) is 22.6 Å². The lowest BCUT2D eigenvalue weighted by Gasteiger charge is -2.10. The molecule has 0 N–H and O–H groups in total. The van der Waals surface area contributed by atoms with Gasteiger partial charge in [-0.1, -0.05) is 35.9 Å². The van der Waals surface area contributed by atoms with Crippen LogP contribution >= 0.6 is 0 Å². The van der Waals surface area contributed by atoms with Gasteiger partial charge in [-0.2, -0.15) is 0 Å². The van der Waals surface area contributed by atoms with Gasteiger partial charge in [-0.3, -0.25) is 4.57 Å². The van der Waals surface area contributed by atoms with Gasteiger partial charge in [-0.15, -0.1) is 0 Å². The van der Waals surface area contributed by atoms with Crippen LogP contribution in [0.3, 0.4) is 0 Å². The molecule has 0 aliphatic heterocycles. The van der Waals surface area contributed by atoms with Crippen molar-refractivity contribution in [1.29, 1.82) is 0 Å². The molecule has 0 spiro atoms. The Morgan fingerprint density at radius 2 is 1.85 bits per heavy atom. The number of esters is 1. The maximum absolute atomic E-state index is 12.2. The summed E-state index contributed by atoms with van der Waals surface area (Å²) in [6, 6.07) is 15.7. The fourth-order valence-electron chi connectivity index (χ4n) is 2.68. The van der Waals surface area contributed by atoms with E-state index in [0.29, 0.717) is 19.0 Å². The number of nitrogens with zero attached hydrogens (tertiary/aromatic N) is 2. The van der Waals surface area contributed by atoms with Crippen molar-refractivity contribution in [3.8, 4) is 22.8 Å². The highest BCUT2D eigenvalue weighted by Crippen LogP contribution is 2.26. The van der Waals surface area contributed by atoms with Crippen LogP contribution in [0.15, 0.2) is 54.7 Å². The Labute approximate surface area is 153 Å². The number of aryl methyl sites for hydroxylation is 1. The number of hydrogen-bond acceptors (Lipinski definition) is 4. The van der Waals surface area contributed by atoms with E-state index in [-0.39, 0.29) is 5.69 Å². The summed E-state index contributed by atoms with van der Waals surface area (Å²) < 4.78 is 12.6. The van der Waals surface area contributed by atoms with Gasteiger partial charge in [0, 0.05) is 17.8 Å². The molecule has 1 aromatic heterocycles. The minimum absolute atomic E-state index is 0.282. The van der Waals surface area contributed by atoms with Gasteiger partial charge in [0.05, 0.1) is 18.9 Å². The Kier molecular flexibility index (Phi) is 5.37. The summed E-state index contributed by atoms with van der Waals surface area (Å²) in [5.74, 6) is 1.02. The summed E-state index contributed by atoms with van der Waals surface area (Å²) in [4.78, 5) is 16.7. The van der Waals surface area contributed by atoms with E-state index in [1.54, 1.807) is 13.1 Å². The molecule has 0 radical (unpaired) electrons. The molecule has 1 heterocycles. The maximum atomic E-state index is 12.2. The fourth-order valence-corrected chi connectivity index (χ4v) is 2.68. The molecule has 2 aromatic carbocycles. The topological polar surface area (TPSA) is 53.4 Å². The number of ether oxygens (including phenoxy) is 2. The molecule has 0 fully saturated rings. The molecule has 0 saturated carbocycles. The van der Waals surface area contributed by atoms with Gasteiger partial charge in [-0.05, 0) is 32.9 Å². The Balaban J connectivity index is 2.11. The summed E-state index contributed by atoms with van der Waals surface area (Å²) in [7, 11) is 0. The van der Waals surface area contributed by atoms with E-state index in [4.69, 9.17) is 9.47 Å². The van der Waals surface area contributed by atoms with Gasteiger partial charge in [0.1, 0.15) is 11.6 Å². The van der Waals surface area contributed by atoms with E-state index >= 15 is 0 Å². The summed E-state index contributed by atoms with van der Waals surface area (Å²) >= 11 is 0. The number of benzene rings is 2. The first-order valence-electron chi connectivity index (χ1n) is 8.69. The predicted molar refractivity (Wildman–Crippen MR) is 101 cm³/mol. The van der Waals surface area contributed by atoms with Crippen LogP contribution in [0.5, 0.6) is 5.75 Å². The minimum atomic E-state index is -0.430. The summed E-state index contributed by atoms with van der Waals surface area (Å²) in [5, 5.41) is 0. The zero-order valence-corrected chi connectivity index (χ0v) is 15.2. The monoisotopic (exact) mass is 350 g/mol. The summed E-state index contributed by atoms with van der Waals surface area (Å²) in [5.41, 5.74) is 3.24. The first-order valence-corrected chi connectivity index (χ1v) is 8.69. The molecular weight excluding hydrogens is 328 g/mol. The molecular formula is C21H22N2O3. The second-order valence-electron chi connectivity index (χ2n) is 5.84. The average molecular weight is 350 g/mol. The second-order valence-corrected chi connectivity index (χ2v) is 5.84. The fraction of sp³-hybridized carbons (Fsp3) is 0.238. The molecule has 134 valence electrons. The predicted octanol–water partition coefficient (Wildman–Crippen LogP) is 4.42. The van der Waals surface area contributed by atoms with Crippen LogP contribution in [0.2, 0.25) is 0 Å². The van der Waals surface area contributed by atoms with Crippen molar-refractivity contribution in [3.05, 3.63) is 66.0 Å². The van der Waals surface area contributed by atoms with Crippen molar-refractivity contribution in [1.82, 2.24) is 9.55 Å². The van der Waals surface area contributed by atoms with Crippen molar-refractivity contribution < 1.29 is 14.3 Å². The Morgan fingerprint density at radius 1 is 1.08 bits per heavy atom. The van der Waals surface area contributed by atoms with Gasteiger partial charge < -0.3 is 9.47 Å². The summed E-state index contributed by atoms with van der Waals surface area (Å²) in [6.07, 6.45) is 1.71. The number of rotatable bonds is 6. The molecule has 0 bridgehead atoms. The molecule has 5 nitrogen and oxygen atoms in total. The zero-order valence-electron chi connectivity index (χ0n) is 15.2. The Hall–Kier alpha value is -3.08. The molecule has 0 amide bonds. The number of carbonyl (C=O) groups is 1.